The molecule has 1 aliphatic rings. The van der Waals surface area contributed by atoms with Crippen LogP contribution in [0.1, 0.15) is 6.42 Å². The van der Waals surface area contributed by atoms with E-state index < -0.39 is 0 Å². The predicted octanol–water partition coefficient (Wildman–Crippen LogP) is 0.00970. The van der Waals surface area contributed by atoms with E-state index >= 15 is 0 Å². The zero-order chi connectivity index (χ0) is 7.40. The van der Waals surface area contributed by atoms with Crippen LogP contribution in [0.4, 0.5) is 0 Å². The molecule has 0 amide bonds. The van der Waals surface area contributed by atoms with Crippen molar-refractivity contribution in [1.29, 1.82) is 0 Å². The van der Waals surface area contributed by atoms with Gasteiger partial charge in [0.25, 0.3) is 0 Å². The summed E-state index contributed by atoms with van der Waals surface area (Å²) >= 11 is 0. The van der Waals surface area contributed by atoms with Crippen molar-refractivity contribution < 1.29 is 9.47 Å². The minimum absolute atomic E-state index is 0.332. The van der Waals surface area contributed by atoms with E-state index in [1.807, 2.05) is 0 Å². The van der Waals surface area contributed by atoms with Crippen LogP contribution in [0.2, 0.25) is 0 Å². The van der Waals surface area contributed by atoms with Gasteiger partial charge in [0, 0.05) is 33.7 Å². The molecule has 1 N–H and O–H groups in total. The highest BCUT2D eigenvalue weighted by Crippen LogP contribution is 2.07. The number of methoxy groups -OCH3 is 2. The highest BCUT2D eigenvalue weighted by molar-refractivity contribution is 4.76. The Hall–Kier alpha value is -0.120. The summed E-state index contributed by atoms with van der Waals surface area (Å²) in [5.74, 6) is 0. The molecule has 0 saturated carbocycles. The summed E-state index contributed by atoms with van der Waals surface area (Å²) in [5.41, 5.74) is 0. The third-order valence-corrected chi connectivity index (χ3v) is 1.94. The van der Waals surface area contributed by atoms with Gasteiger partial charge < -0.3 is 14.8 Å². The number of piperidine rings is 1. The predicted molar refractivity (Wildman–Crippen MR) is 39.1 cm³/mol. The Kier molecular flexibility index (Phi) is 3.12. The molecule has 0 aromatic heterocycles. The molecular formula is C7H15NO2. The third-order valence-electron chi connectivity index (χ3n) is 1.94. The van der Waals surface area contributed by atoms with E-state index in [0.717, 1.165) is 19.5 Å². The van der Waals surface area contributed by atoms with Gasteiger partial charge in [-0.1, -0.05) is 0 Å². The molecule has 1 fully saturated rings. The van der Waals surface area contributed by atoms with Crippen molar-refractivity contribution in [2.45, 2.75) is 18.6 Å². The molecule has 1 aliphatic heterocycles. The SMILES string of the molecule is COC1CNCC(OC)C1. The molecular weight excluding hydrogens is 130 g/mol. The second-order valence-corrected chi connectivity index (χ2v) is 2.61. The van der Waals surface area contributed by atoms with E-state index in [-0.39, 0.29) is 0 Å². The molecule has 1 saturated heterocycles. The molecule has 0 bridgehead atoms. The lowest BCUT2D eigenvalue weighted by Crippen LogP contribution is -2.43. The maximum absolute atomic E-state index is 5.18. The van der Waals surface area contributed by atoms with Crippen molar-refractivity contribution in [2.75, 3.05) is 27.3 Å². The quantitative estimate of drug-likeness (QED) is 0.593. The van der Waals surface area contributed by atoms with Crippen molar-refractivity contribution in [3.05, 3.63) is 0 Å². The van der Waals surface area contributed by atoms with Crippen LogP contribution in [0.25, 0.3) is 0 Å². The molecule has 1 heterocycles. The molecule has 60 valence electrons. The first-order chi connectivity index (χ1) is 4.86. The fraction of sp³-hybridized carbons (Fsp3) is 1.00. The van der Waals surface area contributed by atoms with Crippen molar-refractivity contribution >= 4 is 0 Å². The average Bonchev–Trinajstić information content (AvgIpc) is 2.05. The lowest BCUT2D eigenvalue weighted by molar-refractivity contribution is 0.00126. The standard InChI is InChI=1S/C7H15NO2/c1-9-6-3-7(10-2)5-8-4-6/h6-8H,3-5H2,1-2H3. The van der Waals surface area contributed by atoms with Gasteiger partial charge in [-0.25, -0.2) is 0 Å². The van der Waals surface area contributed by atoms with Gasteiger partial charge in [-0.3, -0.25) is 0 Å². The second-order valence-electron chi connectivity index (χ2n) is 2.61. The van der Waals surface area contributed by atoms with Crippen LogP contribution in [0, 0.1) is 0 Å². The second kappa shape index (κ2) is 3.91. The van der Waals surface area contributed by atoms with Crippen molar-refractivity contribution in [1.82, 2.24) is 5.32 Å². The fourth-order valence-corrected chi connectivity index (χ4v) is 1.22. The number of ether oxygens (including phenoxy) is 2. The van der Waals surface area contributed by atoms with E-state index in [0.29, 0.717) is 12.2 Å². The number of hydrogen-bond donors (Lipinski definition) is 1. The monoisotopic (exact) mass is 145 g/mol. The maximum atomic E-state index is 5.18. The van der Waals surface area contributed by atoms with Gasteiger partial charge in [0.1, 0.15) is 0 Å². The minimum atomic E-state index is 0.332. The van der Waals surface area contributed by atoms with Crippen molar-refractivity contribution in [3.63, 3.8) is 0 Å². The van der Waals surface area contributed by atoms with Gasteiger partial charge in [0.05, 0.1) is 12.2 Å². The molecule has 0 aliphatic carbocycles. The fourth-order valence-electron chi connectivity index (χ4n) is 1.22. The normalized spacial score (nSPS) is 34.2. The third kappa shape index (κ3) is 1.94. The Balaban J connectivity index is 2.25. The molecule has 10 heavy (non-hydrogen) atoms. The molecule has 0 aromatic carbocycles. The molecule has 0 aromatic rings. The Bertz CT molecular complexity index is 87.6. The van der Waals surface area contributed by atoms with E-state index in [4.69, 9.17) is 9.47 Å². The molecule has 3 heteroatoms. The van der Waals surface area contributed by atoms with E-state index in [9.17, 15) is 0 Å². The van der Waals surface area contributed by atoms with Gasteiger partial charge >= 0.3 is 0 Å². The van der Waals surface area contributed by atoms with Gasteiger partial charge in [-0.2, -0.15) is 0 Å². The first kappa shape index (κ1) is 7.98. The molecule has 0 radical (unpaired) electrons. The summed E-state index contributed by atoms with van der Waals surface area (Å²) in [7, 11) is 3.48. The summed E-state index contributed by atoms with van der Waals surface area (Å²) < 4.78 is 10.4. The molecule has 2 unspecified atom stereocenters. The van der Waals surface area contributed by atoms with Gasteiger partial charge in [-0.05, 0) is 0 Å². The Morgan fingerprint density at radius 3 is 2.00 bits per heavy atom. The Morgan fingerprint density at radius 2 is 1.60 bits per heavy atom. The summed E-state index contributed by atoms with van der Waals surface area (Å²) in [6.07, 6.45) is 1.68. The van der Waals surface area contributed by atoms with E-state index in [2.05, 4.69) is 5.32 Å². The van der Waals surface area contributed by atoms with Gasteiger partial charge in [0.15, 0.2) is 0 Å². The van der Waals surface area contributed by atoms with Crippen LogP contribution in [-0.4, -0.2) is 39.5 Å². The number of hydrogen-bond acceptors (Lipinski definition) is 3. The lowest BCUT2D eigenvalue weighted by atomic mass is 10.1. The largest absolute Gasteiger partial charge is 0.380 e. The van der Waals surface area contributed by atoms with E-state index in [1.165, 1.54) is 0 Å². The number of rotatable bonds is 2. The average molecular weight is 145 g/mol. The van der Waals surface area contributed by atoms with Crippen molar-refractivity contribution in [2.24, 2.45) is 0 Å². The van der Waals surface area contributed by atoms with Crippen LogP contribution in [0.3, 0.4) is 0 Å². The molecule has 2 atom stereocenters. The first-order valence-electron chi connectivity index (χ1n) is 3.63. The van der Waals surface area contributed by atoms with Crippen molar-refractivity contribution in [3.8, 4) is 0 Å². The van der Waals surface area contributed by atoms with Crippen LogP contribution < -0.4 is 5.32 Å². The smallest absolute Gasteiger partial charge is 0.0720 e. The summed E-state index contributed by atoms with van der Waals surface area (Å²) in [4.78, 5) is 0. The highest BCUT2D eigenvalue weighted by Gasteiger charge is 2.20. The summed E-state index contributed by atoms with van der Waals surface area (Å²) in [6, 6.07) is 0. The minimum Gasteiger partial charge on any atom is -0.380 e. The lowest BCUT2D eigenvalue weighted by Gasteiger charge is -2.27. The maximum Gasteiger partial charge on any atom is 0.0720 e. The zero-order valence-electron chi connectivity index (χ0n) is 6.59. The topological polar surface area (TPSA) is 30.5 Å². The van der Waals surface area contributed by atoms with Gasteiger partial charge in [0.2, 0.25) is 0 Å². The first-order valence-corrected chi connectivity index (χ1v) is 3.63. The van der Waals surface area contributed by atoms with Crippen LogP contribution in [0.5, 0.6) is 0 Å². The Morgan fingerprint density at radius 1 is 1.10 bits per heavy atom. The summed E-state index contributed by atoms with van der Waals surface area (Å²) in [5, 5.41) is 3.24. The summed E-state index contributed by atoms with van der Waals surface area (Å²) in [6.45, 7) is 1.91. The van der Waals surface area contributed by atoms with Crippen LogP contribution in [0.15, 0.2) is 0 Å². The number of nitrogens with one attached hydrogen (secondary N) is 1. The van der Waals surface area contributed by atoms with Crippen LogP contribution in [-0.2, 0) is 9.47 Å². The highest BCUT2D eigenvalue weighted by atomic mass is 16.5. The molecule has 3 nitrogen and oxygen atoms in total. The van der Waals surface area contributed by atoms with Gasteiger partial charge in [-0.15, -0.1) is 0 Å². The molecule has 0 spiro atoms. The molecule has 1 rings (SSSR count). The Labute approximate surface area is 61.7 Å². The van der Waals surface area contributed by atoms with E-state index in [1.54, 1.807) is 14.2 Å². The van der Waals surface area contributed by atoms with Crippen LogP contribution >= 0.6 is 0 Å². The zero-order valence-corrected chi connectivity index (χ0v) is 6.59.